The first-order valence-corrected chi connectivity index (χ1v) is 6.75. The molecule has 0 saturated carbocycles. The van der Waals surface area contributed by atoms with Crippen LogP contribution in [0.25, 0.3) is 0 Å². The van der Waals surface area contributed by atoms with E-state index in [0.29, 0.717) is 13.2 Å². The second kappa shape index (κ2) is 6.33. The van der Waals surface area contributed by atoms with Crippen molar-refractivity contribution in [2.24, 2.45) is 0 Å². The van der Waals surface area contributed by atoms with Crippen LogP contribution in [0.4, 0.5) is 5.69 Å². The molecule has 2 N–H and O–H groups in total. The van der Waals surface area contributed by atoms with Crippen LogP contribution in [0.3, 0.4) is 0 Å². The van der Waals surface area contributed by atoms with E-state index in [9.17, 15) is 0 Å². The van der Waals surface area contributed by atoms with Gasteiger partial charge in [-0.2, -0.15) is 0 Å². The van der Waals surface area contributed by atoms with Crippen molar-refractivity contribution < 1.29 is 9.47 Å². The van der Waals surface area contributed by atoms with Gasteiger partial charge >= 0.3 is 0 Å². The van der Waals surface area contributed by atoms with E-state index in [2.05, 4.69) is 19.1 Å². The zero-order chi connectivity index (χ0) is 14.5. The lowest BCUT2D eigenvalue weighted by Crippen LogP contribution is -2.10. The van der Waals surface area contributed by atoms with Gasteiger partial charge in [-0.05, 0) is 49.6 Å². The minimum absolute atomic E-state index is 0.496. The molecular weight excluding hydrogens is 250 g/mol. The maximum Gasteiger partial charge on any atom is 0.122 e. The molecule has 0 radical (unpaired) electrons. The molecule has 0 aliphatic rings. The number of hydrogen-bond donors (Lipinski definition) is 1. The van der Waals surface area contributed by atoms with Gasteiger partial charge in [0.15, 0.2) is 0 Å². The van der Waals surface area contributed by atoms with Gasteiger partial charge in [0.05, 0.1) is 0 Å². The summed E-state index contributed by atoms with van der Waals surface area (Å²) in [6.45, 7) is 7.07. The molecule has 2 aromatic carbocycles. The van der Waals surface area contributed by atoms with Crippen LogP contribution in [-0.2, 0) is 0 Å². The van der Waals surface area contributed by atoms with Gasteiger partial charge in [0.1, 0.15) is 24.7 Å². The van der Waals surface area contributed by atoms with Crippen molar-refractivity contribution in [2.45, 2.75) is 20.8 Å². The van der Waals surface area contributed by atoms with Crippen LogP contribution in [-0.4, -0.2) is 13.2 Å². The Morgan fingerprint density at radius 3 is 2.30 bits per heavy atom. The van der Waals surface area contributed by atoms with Crippen molar-refractivity contribution in [3.63, 3.8) is 0 Å². The molecule has 0 fully saturated rings. The molecule has 20 heavy (non-hydrogen) atoms. The van der Waals surface area contributed by atoms with Crippen LogP contribution in [0.1, 0.15) is 16.7 Å². The molecule has 0 spiro atoms. The Bertz CT molecular complexity index is 594. The maximum atomic E-state index is 5.84. The summed E-state index contributed by atoms with van der Waals surface area (Å²) in [6, 6.07) is 11.9. The van der Waals surface area contributed by atoms with Crippen molar-refractivity contribution in [3.05, 3.63) is 53.1 Å². The Kier molecular flexibility index (Phi) is 4.51. The van der Waals surface area contributed by atoms with E-state index in [1.165, 1.54) is 5.56 Å². The quantitative estimate of drug-likeness (QED) is 0.667. The monoisotopic (exact) mass is 271 g/mol. The van der Waals surface area contributed by atoms with Gasteiger partial charge in [-0.1, -0.05) is 18.2 Å². The second-order valence-electron chi connectivity index (χ2n) is 4.98. The number of aryl methyl sites for hydroxylation is 3. The lowest BCUT2D eigenvalue weighted by Gasteiger charge is -2.11. The third-order valence-electron chi connectivity index (χ3n) is 3.20. The second-order valence-corrected chi connectivity index (χ2v) is 4.98. The van der Waals surface area contributed by atoms with Gasteiger partial charge in [-0.25, -0.2) is 0 Å². The number of nitrogens with two attached hydrogens (primary N) is 1. The molecule has 0 aromatic heterocycles. The maximum absolute atomic E-state index is 5.84. The molecule has 3 heteroatoms. The Balaban J connectivity index is 1.84. The highest BCUT2D eigenvalue weighted by Gasteiger charge is 2.01. The summed E-state index contributed by atoms with van der Waals surface area (Å²) in [5.41, 5.74) is 9.98. The van der Waals surface area contributed by atoms with E-state index in [1.807, 2.05) is 38.1 Å². The summed E-state index contributed by atoms with van der Waals surface area (Å²) in [5, 5.41) is 0. The van der Waals surface area contributed by atoms with Crippen LogP contribution in [0, 0.1) is 20.8 Å². The molecule has 3 nitrogen and oxygen atoms in total. The summed E-state index contributed by atoms with van der Waals surface area (Å²) in [4.78, 5) is 0. The molecular formula is C17H21NO2. The lowest BCUT2D eigenvalue weighted by atomic mass is 10.1. The first kappa shape index (κ1) is 14.3. The number of nitrogen functional groups attached to an aromatic ring is 1. The van der Waals surface area contributed by atoms with E-state index >= 15 is 0 Å². The number of hydrogen-bond acceptors (Lipinski definition) is 3. The summed E-state index contributed by atoms with van der Waals surface area (Å²) < 4.78 is 11.4. The molecule has 0 aliphatic carbocycles. The van der Waals surface area contributed by atoms with E-state index in [-0.39, 0.29) is 0 Å². The van der Waals surface area contributed by atoms with Crippen molar-refractivity contribution in [1.29, 1.82) is 0 Å². The standard InChI is InChI=1S/C17H21NO2/c1-12-4-5-14(3)17(10-12)20-9-8-19-15-7-6-13(2)16(18)11-15/h4-7,10-11H,8-9,18H2,1-3H3. The highest BCUT2D eigenvalue weighted by molar-refractivity contribution is 5.50. The van der Waals surface area contributed by atoms with E-state index in [4.69, 9.17) is 15.2 Å². The Morgan fingerprint density at radius 2 is 1.55 bits per heavy atom. The molecule has 0 saturated heterocycles. The van der Waals surface area contributed by atoms with Crippen molar-refractivity contribution >= 4 is 5.69 Å². The van der Waals surface area contributed by atoms with E-state index in [1.54, 1.807) is 0 Å². The zero-order valence-corrected chi connectivity index (χ0v) is 12.3. The first-order valence-electron chi connectivity index (χ1n) is 6.75. The largest absolute Gasteiger partial charge is 0.490 e. The van der Waals surface area contributed by atoms with Crippen molar-refractivity contribution in [2.75, 3.05) is 18.9 Å². The Morgan fingerprint density at radius 1 is 0.850 bits per heavy atom. The molecule has 2 rings (SSSR count). The minimum atomic E-state index is 0.496. The molecule has 2 aromatic rings. The van der Waals surface area contributed by atoms with Crippen LogP contribution in [0.15, 0.2) is 36.4 Å². The van der Waals surface area contributed by atoms with Gasteiger partial charge in [-0.15, -0.1) is 0 Å². The molecule has 0 atom stereocenters. The Labute approximate surface area is 120 Å². The smallest absolute Gasteiger partial charge is 0.122 e. The third kappa shape index (κ3) is 3.67. The van der Waals surface area contributed by atoms with Gasteiger partial charge < -0.3 is 15.2 Å². The van der Waals surface area contributed by atoms with Gasteiger partial charge in [0, 0.05) is 11.8 Å². The summed E-state index contributed by atoms with van der Waals surface area (Å²) in [5.74, 6) is 1.69. The van der Waals surface area contributed by atoms with Gasteiger partial charge in [0.2, 0.25) is 0 Å². The van der Waals surface area contributed by atoms with E-state index in [0.717, 1.165) is 28.3 Å². The van der Waals surface area contributed by atoms with E-state index < -0.39 is 0 Å². The molecule has 0 heterocycles. The number of ether oxygens (including phenoxy) is 2. The number of anilines is 1. The van der Waals surface area contributed by atoms with Crippen LogP contribution in [0.5, 0.6) is 11.5 Å². The van der Waals surface area contributed by atoms with Crippen LogP contribution < -0.4 is 15.2 Å². The normalized spacial score (nSPS) is 10.3. The summed E-state index contributed by atoms with van der Waals surface area (Å²) in [6.07, 6.45) is 0. The predicted molar refractivity (Wildman–Crippen MR) is 82.5 cm³/mol. The lowest BCUT2D eigenvalue weighted by molar-refractivity contribution is 0.216. The molecule has 0 bridgehead atoms. The van der Waals surface area contributed by atoms with Crippen molar-refractivity contribution in [1.82, 2.24) is 0 Å². The molecule has 0 aliphatic heterocycles. The van der Waals surface area contributed by atoms with Crippen LogP contribution >= 0.6 is 0 Å². The predicted octanol–water partition coefficient (Wildman–Crippen LogP) is 3.65. The minimum Gasteiger partial charge on any atom is -0.490 e. The summed E-state index contributed by atoms with van der Waals surface area (Å²) >= 11 is 0. The number of benzene rings is 2. The summed E-state index contributed by atoms with van der Waals surface area (Å²) in [7, 11) is 0. The SMILES string of the molecule is Cc1ccc(C)c(OCCOc2ccc(C)c(N)c2)c1. The molecule has 0 amide bonds. The molecule has 106 valence electrons. The first-order chi connectivity index (χ1) is 9.56. The third-order valence-corrected chi connectivity index (χ3v) is 3.20. The highest BCUT2D eigenvalue weighted by Crippen LogP contribution is 2.20. The van der Waals surface area contributed by atoms with Crippen molar-refractivity contribution in [3.8, 4) is 11.5 Å². The fourth-order valence-electron chi connectivity index (χ4n) is 1.88. The van der Waals surface area contributed by atoms with Gasteiger partial charge in [-0.3, -0.25) is 0 Å². The van der Waals surface area contributed by atoms with Crippen LogP contribution in [0.2, 0.25) is 0 Å². The molecule has 0 unspecified atom stereocenters. The topological polar surface area (TPSA) is 44.5 Å². The van der Waals surface area contributed by atoms with Gasteiger partial charge in [0.25, 0.3) is 0 Å². The average Bonchev–Trinajstić information content (AvgIpc) is 2.42. The Hall–Kier alpha value is -2.16. The number of rotatable bonds is 5. The fraction of sp³-hybridized carbons (Fsp3) is 0.294. The average molecular weight is 271 g/mol. The fourth-order valence-corrected chi connectivity index (χ4v) is 1.88. The highest BCUT2D eigenvalue weighted by atomic mass is 16.5. The zero-order valence-electron chi connectivity index (χ0n) is 12.3.